The first-order chi connectivity index (χ1) is 8.84. The highest BCUT2D eigenvalue weighted by molar-refractivity contribution is 7.18. The summed E-state index contributed by atoms with van der Waals surface area (Å²) < 4.78 is 0.708. The van der Waals surface area contributed by atoms with Crippen LogP contribution >= 0.6 is 11.3 Å². The monoisotopic (exact) mass is 281 g/mol. The van der Waals surface area contributed by atoms with Gasteiger partial charge in [0.25, 0.3) is 0 Å². The minimum Gasteiger partial charge on any atom is -0.481 e. The number of nitrogens with zero attached hydrogens (tertiary/aromatic N) is 1. The van der Waals surface area contributed by atoms with Crippen LogP contribution in [0.15, 0.2) is 18.2 Å². The van der Waals surface area contributed by atoms with Gasteiger partial charge in [0, 0.05) is 5.56 Å². The van der Waals surface area contributed by atoms with E-state index in [-0.39, 0.29) is 5.56 Å². The first-order valence-corrected chi connectivity index (χ1v) is 6.20. The molecule has 0 radical (unpaired) electrons. The molecule has 0 bridgehead atoms. The topological polar surface area (TPSA) is 108 Å². The molecule has 100 valence electrons. The van der Waals surface area contributed by atoms with E-state index in [1.165, 1.54) is 17.4 Å². The van der Waals surface area contributed by atoms with E-state index in [1.807, 2.05) is 0 Å². The predicted octanol–water partition coefficient (Wildman–Crippen LogP) is 1.35. The molecule has 0 amide bonds. The van der Waals surface area contributed by atoms with Crippen LogP contribution in [0, 0.1) is 6.92 Å². The number of aliphatic hydroxyl groups is 1. The zero-order chi connectivity index (χ0) is 14.2. The number of thiazole rings is 1. The van der Waals surface area contributed by atoms with E-state index in [9.17, 15) is 14.7 Å². The Morgan fingerprint density at radius 1 is 1.37 bits per heavy atom. The Morgan fingerprint density at radius 3 is 2.63 bits per heavy atom. The van der Waals surface area contributed by atoms with Crippen molar-refractivity contribution in [1.82, 2.24) is 4.98 Å². The fourth-order valence-electron chi connectivity index (χ4n) is 1.90. The third-order valence-electron chi connectivity index (χ3n) is 2.73. The molecular weight excluding hydrogens is 270 g/mol. The number of aryl methyl sites for hydroxylation is 1. The molecule has 2 aromatic rings. The number of hydrogen-bond acceptors (Lipinski definition) is 5. The second kappa shape index (κ2) is 4.60. The van der Waals surface area contributed by atoms with Gasteiger partial charge in [-0.25, -0.2) is 9.78 Å². The number of para-hydroxylation sites is 1. The van der Waals surface area contributed by atoms with E-state index in [0.717, 1.165) is 0 Å². The fourth-order valence-corrected chi connectivity index (χ4v) is 2.75. The maximum atomic E-state index is 11.3. The van der Waals surface area contributed by atoms with Crippen LogP contribution in [0.4, 0.5) is 0 Å². The highest BCUT2D eigenvalue weighted by Gasteiger charge is 2.42. The van der Waals surface area contributed by atoms with Gasteiger partial charge in [0.2, 0.25) is 0 Å². The zero-order valence-corrected chi connectivity index (χ0v) is 10.8. The first-order valence-electron chi connectivity index (χ1n) is 5.39. The number of carboxylic acid groups (broad SMARTS) is 2. The third kappa shape index (κ3) is 2.29. The minimum atomic E-state index is -2.48. The molecule has 2 rings (SSSR count). The fraction of sp³-hybridized carbons (Fsp3) is 0.250. The average molecular weight is 281 g/mol. The zero-order valence-electron chi connectivity index (χ0n) is 9.95. The second-order valence-corrected chi connectivity index (χ2v) is 5.36. The molecule has 1 unspecified atom stereocenters. The van der Waals surface area contributed by atoms with Gasteiger partial charge in [-0.05, 0) is 13.0 Å². The molecule has 3 N–H and O–H groups in total. The maximum Gasteiger partial charge on any atom is 0.341 e. The summed E-state index contributed by atoms with van der Waals surface area (Å²) >= 11 is 1.35. The molecule has 0 saturated heterocycles. The van der Waals surface area contributed by atoms with Gasteiger partial charge in [-0.2, -0.15) is 0 Å². The van der Waals surface area contributed by atoms with E-state index in [4.69, 9.17) is 10.2 Å². The molecule has 6 nitrogen and oxygen atoms in total. The molecular formula is C12H11NO5S. The smallest absolute Gasteiger partial charge is 0.341 e. The Morgan fingerprint density at radius 2 is 2.05 bits per heavy atom. The highest BCUT2D eigenvalue weighted by atomic mass is 32.1. The van der Waals surface area contributed by atoms with Crippen molar-refractivity contribution in [2.24, 2.45) is 0 Å². The highest BCUT2D eigenvalue weighted by Crippen LogP contribution is 2.33. The van der Waals surface area contributed by atoms with Crippen LogP contribution in [0.3, 0.4) is 0 Å². The van der Waals surface area contributed by atoms with Gasteiger partial charge in [-0.3, -0.25) is 4.79 Å². The van der Waals surface area contributed by atoms with Gasteiger partial charge in [-0.1, -0.05) is 12.1 Å². The standard InChI is InChI=1S/C12H11NO5S/c1-6-13-10-7(3-2-4-8(10)19-6)12(18,11(16)17)5-9(14)15/h2-4,18H,5H2,1H3,(H,14,15)(H,16,17). The van der Waals surface area contributed by atoms with E-state index >= 15 is 0 Å². The molecule has 1 aromatic carbocycles. The van der Waals surface area contributed by atoms with E-state index in [2.05, 4.69) is 4.98 Å². The molecule has 0 aliphatic rings. The number of aliphatic carboxylic acids is 2. The quantitative estimate of drug-likeness (QED) is 0.780. The van der Waals surface area contributed by atoms with Crippen LogP contribution in [0.25, 0.3) is 10.2 Å². The molecule has 1 atom stereocenters. The summed E-state index contributed by atoms with van der Waals surface area (Å²) in [5, 5.41) is 28.9. The van der Waals surface area contributed by atoms with Crippen LogP contribution < -0.4 is 0 Å². The first kappa shape index (κ1) is 13.4. The number of carboxylic acids is 2. The van der Waals surface area contributed by atoms with Crippen LogP contribution in [-0.4, -0.2) is 32.2 Å². The van der Waals surface area contributed by atoms with Gasteiger partial charge in [0.05, 0.1) is 21.6 Å². The summed E-state index contributed by atoms with van der Waals surface area (Å²) in [6.45, 7) is 1.76. The Hall–Kier alpha value is -1.99. The van der Waals surface area contributed by atoms with Crippen molar-refractivity contribution in [1.29, 1.82) is 0 Å². The lowest BCUT2D eigenvalue weighted by Gasteiger charge is -2.22. The van der Waals surface area contributed by atoms with Gasteiger partial charge >= 0.3 is 11.9 Å². The van der Waals surface area contributed by atoms with Crippen molar-refractivity contribution in [2.75, 3.05) is 0 Å². The van der Waals surface area contributed by atoms with Crippen LogP contribution in [0.2, 0.25) is 0 Å². The molecule has 0 fully saturated rings. The largest absolute Gasteiger partial charge is 0.481 e. The Kier molecular flexibility index (Phi) is 3.25. The number of hydrogen-bond donors (Lipinski definition) is 3. The van der Waals surface area contributed by atoms with E-state index < -0.39 is 24.0 Å². The summed E-state index contributed by atoms with van der Waals surface area (Å²) in [4.78, 5) is 26.2. The predicted molar refractivity (Wildman–Crippen MR) is 68.1 cm³/mol. The molecule has 7 heteroatoms. The van der Waals surface area contributed by atoms with Crippen LogP contribution in [-0.2, 0) is 15.2 Å². The molecule has 19 heavy (non-hydrogen) atoms. The average Bonchev–Trinajstić information content (AvgIpc) is 2.67. The molecule has 0 aliphatic heterocycles. The summed E-state index contributed by atoms with van der Waals surface area (Å²) in [6.07, 6.45) is -0.919. The van der Waals surface area contributed by atoms with Crippen molar-refractivity contribution in [3.8, 4) is 0 Å². The van der Waals surface area contributed by atoms with Gasteiger partial charge < -0.3 is 15.3 Å². The van der Waals surface area contributed by atoms with Gasteiger partial charge in [0.1, 0.15) is 0 Å². The second-order valence-electron chi connectivity index (χ2n) is 4.12. The molecule has 0 spiro atoms. The minimum absolute atomic E-state index is 0.00394. The van der Waals surface area contributed by atoms with Crippen LogP contribution in [0.1, 0.15) is 17.0 Å². The van der Waals surface area contributed by atoms with Gasteiger partial charge in [-0.15, -0.1) is 11.3 Å². The normalized spacial score (nSPS) is 14.2. The Labute approximate surface area is 112 Å². The van der Waals surface area contributed by atoms with Crippen molar-refractivity contribution in [2.45, 2.75) is 18.9 Å². The summed E-state index contributed by atoms with van der Waals surface area (Å²) in [6, 6.07) is 4.70. The molecule has 0 saturated carbocycles. The summed E-state index contributed by atoms with van der Waals surface area (Å²) in [7, 11) is 0. The lowest BCUT2D eigenvalue weighted by atomic mass is 9.89. The van der Waals surface area contributed by atoms with Crippen molar-refractivity contribution in [3.63, 3.8) is 0 Å². The van der Waals surface area contributed by atoms with Crippen molar-refractivity contribution in [3.05, 3.63) is 28.8 Å². The Balaban J connectivity index is 2.69. The maximum absolute atomic E-state index is 11.3. The van der Waals surface area contributed by atoms with Crippen molar-refractivity contribution >= 4 is 33.5 Å². The van der Waals surface area contributed by atoms with Crippen LogP contribution in [0.5, 0.6) is 0 Å². The summed E-state index contributed by atoms with van der Waals surface area (Å²) in [5.74, 6) is -3.00. The third-order valence-corrected chi connectivity index (χ3v) is 3.67. The number of carbonyl (C=O) groups is 2. The summed E-state index contributed by atoms with van der Waals surface area (Å²) in [5.41, 5.74) is -2.15. The number of aromatic nitrogens is 1. The van der Waals surface area contributed by atoms with Gasteiger partial charge in [0.15, 0.2) is 5.60 Å². The number of fused-ring (bicyclic) bond motifs is 1. The van der Waals surface area contributed by atoms with E-state index in [0.29, 0.717) is 15.2 Å². The molecule has 1 heterocycles. The number of benzene rings is 1. The number of rotatable bonds is 4. The SMILES string of the molecule is Cc1nc2c(C(O)(CC(=O)O)C(=O)O)cccc2s1. The van der Waals surface area contributed by atoms with Crippen molar-refractivity contribution < 1.29 is 24.9 Å². The Bertz CT molecular complexity index is 665. The lowest BCUT2D eigenvalue weighted by molar-refractivity contribution is -0.166. The molecule has 0 aliphatic carbocycles. The van der Waals surface area contributed by atoms with E-state index in [1.54, 1.807) is 19.1 Å². The lowest BCUT2D eigenvalue weighted by Crippen LogP contribution is -2.38. The molecule has 1 aromatic heterocycles.